The molecule has 0 aromatic heterocycles. The summed E-state index contributed by atoms with van der Waals surface area (Å²) in [6.07, 6.45) is 7.94. The third kappa shape index (κ3) is 26.9. The molecule has 0 radical (unpaired) electrons. The van der Waals surface area contributed by atoms with E-state index in [9.17, 15) is 38.4 Å². The van der Waals surface area contributed by atoms with Crippen molar-refractivity contribution in [2.45, 2.75) is 36.6 Å². The number of halogens is 1. The quantitative estimate of drug-likeness (QED) is 0.0150. The van der Waals surface area contributed by atoms with Gasteiger partial charge < -0.3 is 81.1 Å². The van der Waals surface area contributed by atoms with Crippen molar-refractivity contribution in [2.75, 3.05) is 124 Å². The Balaban J connectivity index is 0.000000327. The summed E-state index contributed by atoms with van der Waals surface area (Å²) in [6, 6.07) is 33.0. The lowest BCUT2D eigenvalue weighted by atomic mass is 9.98. The molecule has 498 valence electrons. The highest BCUT2D eigenvalue weighted by Gasteiger charge is 2.32. The molecule has 1 fully saturated rings. The molecule has 92 heavy (non-hydrogen) atoms. The predicted molar refractivity (Wildman–Crippen MR) is 353 cm³/mol. The van der Waals surface area contributed by atoms with Gasteiger partial charge in [-0.15, -0.1) is 0 Å². The van der Waals surface area contributed by atoms with E-state index in [2.05, 4.69) is 129 Å². The molecular weight excluding hydrogens is 1250 g/mol. The molecule has 25 heteroatoms. The van der Waals surface area contributed by atoms with Crippen LogP contribution in [0.5, 0.6) is 0 Å². The van der Waals surface area contributed by atoms with Gasteiger partial charge >= 0.3 is 12.2 Å². The zero-order valence-corrected chi connectivity index (χ0v) is 53.4. The van der Waals surface area contributed by atoms with Gasteiger partial charge in [0, 0.05) is 64.2 Å². The van der Waals surface area contributed by atoms with Crippen LogP contribution in [0.25, 0.3) is 22.3 Å². The van der Waals surface area contributed by atoms with E-state index in [0.29, 0.717) is 90.7 Å². The van der Waals surface area contributed by atoms with E-state index in [-0.39, 0.29) is 60.8 Å². The molecule has 0 spiro atoms. The average molecular weight is 1340 g/mol. The SMILES string of the molecule is C=CC(=O)N1CCN(C(=O)OCC2c3ccccc3-c3ccccc32)CC1.C=CC(=O)NC(CO)(CO)CO.C=CC(=O)NCCCCCNC(=O)CBr.C=CC(=O)NCCOCCOCCNC(=O)OCC1c2ccccc2-c2ccccc21.C=CC(=O)NCO. The summed E-state index contributed by atoms with van der Waals surface area (Å²) in [5.41, 5.74) is 8.24. The Bertz CT molecular complexity index is 2940. The van der Waals surface area contributed by atoms with Crippen LogP contribution in [0.1, 0.15) is 53.4 Å². The van der Waals surface area contributed by atoms with Crippen molar-refractivity contribution in [3.05, 3.63) is 183 Å². The van der Waals surface area contributed by atoms with Gasteiger partial charge in [-0.3, -0.25) is 28.8 Å². The molecule has 24 nitrogen and oxygen atoms in total. The molecular formula is C67H87BrN8O16. The monoisotopic (exact) mass is 1340 g/mol. The second-order valence-electron chi connectivity index (χ2n) is 20.2. The summed E-state index contributed by atoms with van der Waals surface area (Å²) in [6.45, 7) is 21.0. The second-order valence-corrected chi connectivity index (χ2v) is 20.7. The number of fused-ring (bicyclic) bond motifs is 6. The topological polar surface area (TPSA) is 333 Å². The average Bonchev–Trinajstić information content (AvgIpc) is 1.66. The van der Waals surface area contributed by atoms with Gasteiger partial charge in [0.25, 0.3) is 0 Å². The number of alkyl halides is 1. The molecule has 1 heterocycles. The summed E-state index contributed by atoms with van der Waals surface area (Å²) >= 11 is 3.06. The number of nitrogens with zero attached hydrogens (tertiary/aromatic N) is 2. The molecule has 1 aliphatic heterocycles. The molecule has 8 amide bonds. The number of carbonyl (C=O) groups is 8. The number of alkyl carbamates (subject to hydrolysis) is 1. The van der Waals surface area contributed by atoms with Crippen molar-refractivity contribution in [3.63, 3.8) is 0 Å². The molecule has 3 aliphatic rings. The van der Waals surface area contributed by atoms with Crippen LogP contribution in [-0.2, 0) is 47.7 Å². The first-order valence-electron chi connectivity index (χ1n) is 29.7. The van der Waals surface area contributed by atoms with Crippen molar-refractivity contribution >= 4 is 63.6 Å². The van der Waals surface area contributed by atoms with Crippen LogP contribution in [0, 0.1) is 0 Å². The molecule has 7 rings (SSSR count). The van der Waals surface area contributed by atoms with Gasteiger partial charge in [0.2, 0.25) is 35.4 Å². The van der Waals surface area contributed by atoms with E-state index in [4.69, 9.17) is 39.4 Å². The lowest BCUT2D eigenvalue weighted by Crippen LogP contribution is -2.56. The maximum Gasteiger partial charge on any atom is 0.409 e. The summed E-state index contributed by atoms with van der Waals surface area (Å²) in [5.74, 6) is -1.25. The van der Waals surface area contributed by atoms with Gasteiger partial charge in [0.1, 0.15) is 25.5 Å². The van der Waals surface area contributed by atoms with Crippen LogP contribution in [-0.4, -0.2) is 207 Å². The van der Waals surface area contributed by atoms with Gasteiger partial charge in [0.05, 0.1) is 51.6 Å². The Morgan fingerprint density at radius 2 is 0.870 bits per heavy atom. The number of unbranched alkanes of at least 4 members (excludes halogenated alkanes) is 2. The van der Waals surface area contributed by atoms with Gasteiger partial charge in [-0.25, -0.2) is 9.59 Å². The number of aliphatic hydroxyl groups excluding tert-OH is 4. The highest BCUT2D eigenvalue weighted by molar-refractivity contribution is 9.09. The van der Waals surface area contributed by atoms with Crippen LogP contribution in [0.3, 0.4) is 0 Å². The number of hydrogen-bond donors (Lipinski definition) is 10. The fourth-order valence-corrected chi connectivity index (χ4v) is 9.35. The molecule has 0 saturated carbocycles. The molecule has 4 aromatic rings. The van der Waals surface area contributed by atoms with Crippen molar-refractivity contribution < 1.29 is 77.7 Å². The molecule has 0 unspecified atom stereocenters. The fourth-order valence-electron chi connectivity index (χ4n) is 9.16. The Morgan fingerprint density at radius 3 is 1.27 bits per heavy atom. The van der Waals surface area contributed by atoms with Gasteiger partial charge in [-0.05, 0) is 94.2 Å². The summed E-state index contributed by atoms with van der Waals surface area (Å²) in [7, 11) is 0. The first-order valence-corrected chi connectivity index (χ1v) is 30.8. The Hall–Kier alpha value is -8.82. The van der Waals surface area contributed by atoms with Gasteiger partial charge in [-0.1, -0.05) is 146 Å². The Morgan fingerprint density at radius 1 is 0.478 bits per heavy atom. The molecule has 1 saturated heterocycles. The number of nitrogens with one attached hydrogen (secondary N) is 6. The lowest BCUT2D eigenvalue weighted by Gasteiger charge is -2.33. The number of aliphatic hydroxyl groups is 4. The van der Waals surface area contributed by atoms with E-state index in [0.717, 1.165) is 31.4 Å². The van der Waals surface area contributed by atoms with Crippen LogP contribution < -0.4 is 31.9 Å². The maximum atomic E-state index is 12.5. The number of piperazine rings is 1. The predicted octanol–water partition coefficient (Wildman–Crippen LogP) is 4.34. The van der Waals surface area contributed by atoms with E-state index in [1.165, 1.54) is 62.7 Å². The summed E-state index contributed by atoms with van der Waals surface area (Å²) < 4.78 is 21.9. The van der Waals surface area contributed by atoms with E-state index in [1.807, 2.05) is 48.5 Å². The summed E-state index contributed by atoms with van der Waals surface area (Å²) in [4.78, 5) is 92.8. The lowest BCUT2D eigenvalue weighted by molar-refractivity contribution is -0.127. The minimum atomic E-state index is -1.36. The maximum absolute atomic E-state index is 12.5. The molecule has 2 aliphatic carbocycles. The highest BCUT2D eigenvalue weighted by Crippen LogP contribution is 2.45. The normalized spacial score (nSPS) is 12.2. The van der Waals surface area contributed by atoms with Gasteiger partial charge in [-0.2, -0.15) is 0 Å². The number of ether oxygens (including phenoxy) is 4. The van der Waals surface area contributed by atoms with Crippen LogP contribution in [0.4, 0.5) is 9.59 Å². The molecule has 0 atom stereocenters. The number of rotatable bonds is 30. The van der Waals surface area contributed by atoms with E-state index in [1.54, 1.807) is 9.80 Å². The van der Waals surface area contributed by atoms with Crippen LogP contribution >= 0.6 is 15.9 Å². The van der Waals surface area contributed by atoms with Crippen molar-refractivity contribution in [2.24, 2.45) is 0 Å². The Labute approximate surface area is 545 Å². The first kappa shape index (κ1) is 77.4. The van der Waals surface area contributed by atoms with E-state index < -0.39 is 37.4 Å². The molecule has 0 bridgehead atoms. The first-order chi connectivity index (χ1) is 44.5. The Kier molecular flexibility index (Phi) is 37.5. The minimum absolute atomic E-state index is 0.00922. The fraction of sp³-hybridized carbons (Fsp3) is 0.373. The zero-order valence-electron chi connectivity index (χ0n) is 51.8. The van der Waals surface area contributed by atoms with Crippen molar-refractivity contribution in [1.29, 1.82) is 0 Å². The molecule has 10 N–H and O–H groups in total. The number of hydrogen-bond acceptors (Lipinski definition) is 16. The van der Waals surface area contributed by atoms with Crippen LogP contribution in [0.2, 0.25) is 0 Å². The van der Waals surface area contributed by atoms with Crippen LogP contribution in [0.15, 0.2) is 160 Å². The zero-order chi connectivity index (χ0) is 67.5. The smallest absolute Gasteiger partial charge is 0.409 e. The van der Waals surface area contributed by atoms with Crippen molar-refractivity contribution in [1.82, 2.24) is 41.7 Å². The number of carbonyl (C=O) groups excluding carboxylic acids is 8. The van der Waals surface area contributed by atoms with Crippen molar-refractivity contribution in [3.8, 4) is 22.3 Å². The minimum Gasteiger partial charge on any atom is -0.449 e. The van der Waals surface area contributed by atoms with E-state index >= 15 is 0 Å². The van der Waals surface area contributed by atoms with Gasteiger partial charge in [0.15, 0.2) is 0 Å². The number of amides is 8. The second kappa shape index (κ2) is 44.6. The standard InChI is InChI=1S/C24H28N2O5.C22H22N2O3.C10H17BrN2O2.C7H13NO4.C4H7NO2/c1-2-23(27)25-11-13-29-15-16-30-14-12-26-24(28)31-17-22-20-9-5-3-7-18(20)19-8-4-6-10-21(19)22;1-2-21(25)23-11-13-24(14-12-23)22(26)27-15-20-18-9-5-3-7-16(18)17-8-4-6-10-19(17)20;1-2-9(14)12-6-4-3-5-7-13-10(15)8-11;1-2-6(12)8-7(3-9,4-10)5-11;1-2-4(7)5-3-6/h2-10,22H,1,11-17H2,(H,25,27)(H,26,28);2-10,20H,1,11-15H2;2H,1,3-8H2,(H,12,14)(H,13,15);2,9-11H,1,3-5H2,(H,8,12);2,6H,1,3H2,(H,5,7). The molecule has 4 aromatic carbocycles. The largest absolute Gasteiger partial charge is 0.449 e. The highest BCUT2D eigenvalue weighted by atomic mass is 79.9. The number of benzene rings is 4. The third-order valence-electron chi connectivity index (χ3n) is 14.0. The third-order valence-corrected chi connectivity index (χ3v) is 14.5. The summed E-state index contributed by atoms with van der Waals surface area (Å²) in [5, 5.41) is 49.7.